The van der Waals surface area contributed by atoms with Crippen LogP contribution < -0.4 is 4.90 Å². The molecule has 0 aliphatic carbocycles. The molecule has 0 bridgehead atoms. The van der Waals surface area contributed by atoms with Crippen LogP contribution in [0.3, 0.4) is 0 Å². The van der Waals surface area contributed by atoms with Gasteiger partial charge in [0.1, 0.15) is 5.82 Å². The van der Waals surface area contributed by atoms with E-state index in [1.165, 1.54) is 11.6 Å². The highest BCUT2D eigenvalue weighted by Gasteiger charge is 2.17. The van der Waals surface area contributed by atoms with Gasteiger partial charge in [0.15, 0.2) is 0 Å². The summed E-state index contributed by atoms with van der Waals surface area (Å²) in [5, 5.41) is 9.80. The molecule has 0 aliphatic heterocycles. The van der Waals surface area contributed by atoms with Crippen molar-refractivity contribution in [3.05, 3.63) is 59.4 Å². The van der Waals surface area contributed by atoms with E-state index in [1.54, 1.807) is 13.0 Å². The maximum Gasteiger partial charge on any atom is 0.131 e. The molecule has 3 heteroatoms. The third kappa shape index (κ3) is 2.83. The van der Waals surface area contributed by atoms with Crippen LogP contribution in [0, 0.1) is 5.82 Å². The number of nitrogens with zero attached hydrogens (tertiary/aromatic N) is 1. The largest absolute Gasteiger partial charge is 0.389 e. The highest BCUT2D eigenvalue weighted by Crippen LogP contribution is 2.32. The Kier molecular flexibility index (Phi) is 4.40. The first-order valence-corrected chi connectivity index (χ1v) is 6.83. The molecule has 1 atom stereocenters. The molecule has 0 spiro atoms. The molecule has 2 nitrogen and oxygen atoms in total. The first-order valence-electron chi connectivity index (χ1n) is 6.83. The number of benzene rings is 2. The van der Waals surface area contributed by atoms with Crippen LogP contribution in [0.4, 0.5) is 15.8 Å². The number of rotatable bonds is 4. The van der Waals surface area contributed by atoms with Crippen LogP contribution in [0.1, 0.15) is 31.1 Å². The molecule has 0 radical (unpaired) electrons. The number of aliphatic hydroxyl groups is 1. The number of anilines is 2. The summed E-state index contributed by atoms with van der Waals surface area (Å²) in [6.45, 7) is 3.69. The number of halogens is 1. The Morgan fingerprint density at radius 3 is 2.35 bits per heavy atom. The van der Waals surface area contributed by atoms with E-state index >= 15 is 0 Å². The van der Waals surface area contributed by atoms with Gasteiger partial charge in [-0.05, 0) is 43.2 Å². The minimum absolute atomic E-state index is 0.328. The third-order valence-corrected chi connectivity index (χ3v) is 3.54. The van der Waals surface area contributed by atoms with Crippen molar-refractivity contribution in [3.63, 3.8) is 0 Å². The van der Waals surface area contributed by atoms with E-state index in [0.717, 1.165) is 12.1 Å². The summed E-state index contributed by atoms with van der Waals surface area (Å²) in [7, 11) is 1.88. The fourth-order valence-electron chi connectivity index (χ4n) is 2.33. The molecule has 0 saturated heterocycles. The van der Waals surface area contributed by atoms with Crippen molar-refractivity contribution < 1.29 is 9.50 Å². The normalized spacial score (nSPS) is 12.2. The summed E-state index contributed by atoms with van der Waals surface area (Å²) in [5.41, 5.74) is 3.24. The standard InChI is InChI=1S/C17H20FNO/c1-4-13-8-10-14(11-9-13)19(3)16-7-5-6-15(18)17(16)12(2)20/h5-12,20H,4H2,1-3H3/t12-/m1/s1. The van der Waals surface area contributed by atoms with Gasteiger partial charge in [0.2, 0.25) is 0 Å². The van der Waals surface area contributed by atoms with Gasteiger partial charge in [-0.25, -0.2) is 4.39 Å². The number of aliphatic hydroxyl groups excluding tert-OH is 1. The molecule has 0 aromatic heterocycles. The lowest BCUT2D eigenvalue weighted by atomic mass is 10.1. The maximum absolute atomic E-state index is 13.9. The van der Waals surface area contributed by atoms with Crippen molar-refractivity contribution in [2.24, 2.45) is 0 Å². The second-order valence-electron chi connectivity index (χ2n) is 4.93. The van der Waals surface area contributed by atoms with Crippen molar-refractivity contribution in [2.75, 3.05) is 11.9 Å². The second-order valence-corrected chi connectivity index (χ2v) is 4.93. The second kappa shape index (κ2) is 6.06. The fourth-order valence-corrected chi connectivity index (χ4v) is 2.33. The molecule has 2 rings (SSSR count). The van der Waals surface area contributed by atoms with Crippen LogP contribution in [0.25, 0.3) is 0 Å². The highest BCUT2D eigenvalue weighted by molar-refractivity contribution is 5.66. The van der Waals surface area contributed by atoms with E-state index in [1.807, 2.05) is 30.1 Å². The van der Waals surface area contributed by atoms with E-state index in [4.69, 9.17) is 0 Å². The molecule has 0 amide bonds. The van der Waals surface area contributed by atoms with Crippen LogP contribution in [0.15, 0.2) is 42.5 Å². The first-order chi connectivity index (χ1) is 9.54. The summed E-state index contributed by atoms with van der Waals surface area (Å²) in [5.74, 6) is -0.380. The number of aryl methyl sites for hydroxylation is 1. The molecule has 0 fully saturated rings. The van der Waals surface area contributed by atoms with E-state index in [-0.39, 0.29) is 5.82 Å². The maximum atomic E-state index is 13.9. The lowest BCUT2D eigenvalue weighted by Crippen LogP contribution is -2.14. The van der Waals surface area contributed by atoms with Crippen LogP contribution in [-0.2, 0) is 6.42 Å². The Bertz CT molecular complexity index is 578. The predicted molar refractivity (Wildman–Crippen MR) is 80.9 cm³/mol. The Morgan fingerprint density at radius 2 is 1.80 bits per heavy atom. The van der Waals surface area contributed by atoms with Gasteiger partial charge in [0.25, 0.3) is 0 Å². The smallest absolute Gasteiger partial charge is 0.131 e. The van der Waals surface area contributed by atoms with Gasteiger partial charge in [-0.3, -0.25) is 0 Å². The summed E-state index contributed by atoms with van der Waals surface area (Å²) >= 11 is 0. The number of hydrogen-bond acceptors (Lipinski definition) is 2. The Labute approximate surface area is 119 Å². The van der Waals surface area contributed by atoms with E-state index in [9.17, 15) is 9.50 Å². The van der Waals surface area contributed by atoms with Crippen molar-refractivity contribution >= 4 is 11.4 Å². The van der Waals surface area contributed by atoms with Crippen LogP contribution in [0.5, 0.6) is 0 Å². The molecule has 0 unspecified atom stereocenters. The summed E-state index contributed by atoms with van der Waals surface area (Å²) in [6, 6.07) is 13.0. The molecule has 0 aliphatic rings. The van der Waals surface area contributed by atoms with Crippen LogP contribution in [-0.4, -0.2) is 12.2 Å². The summed E-state index contributed by atoms with van der Waals surface area (Å²) in [4.78, 5) is 1.89. The van der Waals surface area contributed by atoms with E-state index in [2.05, 4.69) is 19.1 Å². The molecule has 20 heavy (non-hydrogen) atoms. The Balaban J connectivity index is 2.42. The lowest BCUT2D eigenvalue weighted by Gasteiger charge is -2.24. The minimum atomic E-state index is -0.844. The molecule has 2 aromatic rings. The molecular formula is C17H20FNO. The van der Waals surface area contributed by atoms with Gasteiger partial charge in [-0.15, -0.1) is 0 Å². The Morgan fingerprint density at radius 1 is 1.15 bits per heavy atom. The number of hydrogen-bond donors (Lipinski definition) is 1. The van der Waals surface area contributed by atoms with E-state index in [0.29, 0.717) is 11.3 Å². The molecule has 0 heterocycles. The van der Waals surface area contributed by atoms with Gasteiger partial charge in [0.05, 0.1) is 6.10 Å². The predicted octanol–water partition coefficient (Wildman–Crippen LogP) is 4.21. The molecule has 0 saturated carbocycles. The zero-order chi connectivity index (χ0) is 14.7. The topological polar surface area (TPSA) is 23.5 Å². The molecule has 106 valence electrons. The van der Waals surface area contributed by atoms with Crippen molar-refractivity contribution in [2.45, 2.75) is 26.4 Å². The first kappa shape index (κ1) is 14.5. The van der Waals surface area contributed by atoms with Gasteiger partial charge >= 0.3 is 0 Å². The highest BCUT2D eigenvalue weighted by atomic mass is 19.1. The average molecular weight is 273 g/mol. The minimum Gasteiger partial charge on any atom is -0.389 e. The van der Waals surface area contributed by atoms with Gasteiger partial charge in [-0.1, -0.05) is 25.1 Å². The zero-order valence-corrected chi connectivity index (χ0v) is 12.1. The van der Waals surface area contributed by atoms with Crippen LogP contribution >= 0.6 is 0 Å². The zero-order valence-electron chi connectivity index (χ0n) is 12.1. The third-order valence-electron chi connectivity index (χ3n) is 3.54. The lowest BCUT2D eigenvalue weighted by molar-refractivity contribution is 0.194. The monoisotopic (exact) mass is 273 g/mol. The average Bonchev–Trinajstić information content (AvgIpc) is 2.46. The SMILES string of the molecule is CCc1ccc(N(C)c2cccc(F)c2[C@@H](C)O)cc1. The van der Waals surface area contributed by atoms with Crippen LogP contribution in [0.2, 0.25) is 0 Å². The molecule has 1 N–H and O–H groups in total. The van der Waals surface area contributed by atoms with Gasteiger partial charge < -0.3 is 10.0 Å². The summed E-state index contributed by atoms with van der Waals surface area (Å²) in [6.07, 6.45) is 0.145. The van der Waals surface area contributed by atoms with Crippen molar-refractivity contribution in [3.8, 4) is 0 Å². The van der Waals surface area contributed by atoms with Crippen molar-refractivity contribution in [1.82, 2.24) is 0 Å². The molecule has 2 aromatic carbocycles. The summed E-state index contributed by atoms with van der Waals surface area (Å²) < 4.78 is 13.9. The van der Waals surface area contributed by atoms with Crippen molar-refractivity contribution in [1.29, 1.82) is 0 Å². The van der Waals surface area contributed by atoms with Gasteiger partial charge in [0, 0.05) is 24.0 Å². The Hall–Kier alpha value is -1.87. The molecular weight excluding hydrogens is 253 g/mol. The fraction of sp³-hybridized carbons (Fsp3) is 0.294. The van der Waals surface area contributed by atoms with E-state index < -0.39 is 6.10 Å². The quantitative estimate of drug-likeness (QED) is 0.902. The van der Waals surface area contributed by atoms with Gasteiger partial charge in [-0.2, -0.15) is 0 Å².